The summed E-state index contributed by atoms with van der Waals surface area (Å²) >= 11 is 0. The average molecular weight is 697 g/mol. The van der Waals surface area contributed by atoms with Gasteiger partial charge in [0, 0.05) is 18.9 Å². The number of hydrogen-bond acceptors (Lipinski definition) is 8. The van der Waals surface area contributed by atoms with Crippen LogP contribution in [-0.4, -0.2) is 53.3 Å². The van der Waals surface area contributed by atoms with Crippen LogP contribution in [0.25, 0.3) is 10.8 Å². The summed E-state index contributed by atoms with van der Waals surface area (Å²) < 4.78 is 36.8. The molecule has 1 fully saturated rings. The molecule has 0 aliphatic carbocycles. The van der Waals surface area contributed by atoms with Crippen molar-refractivity contribution in [1.82, 2.24) is 0 Å². The predicted octanol–water partition coefficient (Wildman–Crippen LogP) is 8.79. The lowest BCUT2D eigenvalue weighted by Crippen LogP contribution is -2.44. The second-order valence-corrected chi connectivity index (χ2v) is 25.5. The summed E-state index contributed by atoms with van der Waals surface area (Å²) in [7, 11) is -2.83. The van der Waals surface area contributed by atoms with Crippen LogP contribution >= 0.6 is 0 Å². The van der Waals surface area contributed by atoms with Crippen molar-refractivity contribution in [2.75, 3.05) is 7.11 Å². The standard InChI is InChI=1S/C38H56O8Si2/c1-25(39)20-33-35(44-33)31(42-24-26-16-18-28(41-8)19-17-26)15-13-14-29-21-27-22-30(45-47(9,10)37(2,3)4)23-32(34(27)36(40)43-29)46-48(11,12)38(5,6)7/h13,15-19,21-23,25,31,33,35,39H,14,20,24H2,1-12H3/b15-13+/t25-,31+,33+,35+/m0/s1. The molecule has 10 heteroatoms. The second kappa shape index (κ2) is 14.5. The zero-order valence-electron chi connectivity index (χ0n) is 30.9. The zero-order chi connectivity index (χ0) is 35.7. The van der Waals surface area contributed by atoms with Gasteiger partial charge in [-0.05, 0) is 78.4 Å². The number of rotatable bonds is 14. The Labute approximate surface area is 288 Å². The molecule has 0 bridgehead atoms. The van der Waals surface area contributed by atoms with E-state index in [0.717, 1.165) is 16.7 Å². The molecule has 0 spiro atoms. The number of hydrogen-bond donors (Lipinski definition) is 1. The molecule has 4 rings (SSSR count). The summed E-state index contributed by atoms with van der Waals surface area (Å²) in [4.78, 5) is 13.6. The topological polar surface area (TPSA) is 99.9 Å². The monoisotopic (exact) mass is 696 g/mol. The van der Waals surface area contributed by atoms with E-state index in [1.54, 1.807) is 14.0 Å². The van der Waals surface area contributed by atoms with Gasteiger partial charge in [0.05, 0.1) is 25.9 Å². The molecule has 0 saturated carbocycles. The van der Waals surface area contributed by atoms with Gasteiger partial charge in [-0.25, -0.2) is 4.79 Å². The molecule has 1 aliphatic rings. The molecule has 0 radical (unpaired) electrons. The number of allylic oxidation sites excluding steroid dienone is 1. The fourth-order valence-electron chi connectivity index (χ4n) is 4.90. The number of fused-ring (bicyclic) bond motifs is 1. The summed E-state index contributed by atoms with van der Waals surface area (Å²) in [6.07, 6.45) is 3.80. The van der Waals surface area contributed by atoms with Crippen LogP contribution in [-0.2, 0) is 22.5 Å². The highest BCUT2D eigenvalue weighted by atomic mass is 28.4. The van der Waals surface area contributed by atoms with Crippen LogP contribution in [0.2, 0.25) is 36.3 Å². The maximum atomic E-state index is 13.6. The fraction of sp³-hybridized carbons (Fsp3) is 0.553. The van der Waals surface area contributed by atoms with E-state index in [1.807, 2.05) is 54.6 Å². The third-order valence-electron chi connectivity index (χ3n) is 9.97. The number of aliphatic hydroxyl groups is 1. The van der Waals surface area contributed by atoms with Gasteiger partial charge < -0.3 is 32.6 Å². The Hall–Kier alpha value is -2.90. The highest BCUT2D eigenvalue weighted by Gasteiger charge is 2.45. The maximum Gasteiger partial charge on any atom is 0.347 e. The molecule has 3 aromatic rings. The van der Waals surface area contributed by atoms with Crippen molar-refractivity contribution in [2.24, 2.45) is 0 Å². The summed E-state index contributed by atoms with van der Waals surface area (Å²) in [5.74, 6) is 2.53. The first-order valence-corrected chi connectivity index (χ1v) is 22.8. The second-order valence-electron chi connectivity index (χ2n) is 16.1. The van der Waals surface area contributed by atoms with Crippen LogP contribution in [0.1, 0.15) is 66.2 Å². The van der Waals surface area contributed by atoms with Crippen LogP contribution in [0.15, 0.2) is 63.8 Å². The van der Waals surface area contributed by atoms with E-state index < -0.39 is 28.4 Å². The minimum absolute atomic E-state index is 0.000433. The highest BCUT2D eigenvalue weighted by molar-refractivity contribution is 6.75. The Morgan fingerprint density at radius 2 is 1.54 bits per heavy atom. The molecule has 0 unspecified atom stereocenters. The molecule has 1 aliphatic heterocycles. The van der Waals surface area contributed by atoms with E-state index in [0.29, 0.717) is 42.1 Å². The lowest BCUT2D eigenvalue weighted by Gasteiger charge is -2.38. The first kappa shape index (κ1) is 37.9. The van der Waals surface area contributed by atoms with Gasteiger partial charge in [0.15, 0.2) is 0 Å². The summed E-state index contributed by atoms with van der Waals surface area (Å²) in [5, 5.41) is 11.0. The first-order chi connectivity index (χ1) is 22.2. The molecule has 4 atom stereocenters. The largest absolute Gasteiger partial charge is 0.543 e. The highest BCUT2D eigenvalue weighted by Crippen LogP contribution is 2.42. The Bertz CT molecular complexity index is 1630. The van der Waals surface area contributed by atoms with Gasteiger partial charge in [0.25, 0.3) is 8.32 Å². The number of methoxy groups -OCH3 is 1. The van der Waals surface area contributed by atoms with Crippen LogP contribution in [0.4, 0.5) is 0 Å². The molecule has 264 valence electrons. The average Bonchev–Trinajstić information content (AvgIpc) is 3.71. The molecule has 1 aromatic heterocycles. The maximum absolute atomic E-state index is 13.6. The van der Waals surface area contributed by atoms with Gasteiger partial charge in [-0.1, -0.05) is 65.8 Å². The minimum atomic E-state index is -2.29. The first-order valence-electron chi connectivity index (χ1n) is 16.9. The Kier molecular flexibility index (Phi) is 11.5. The molecule has 2 heterocycles. The number of ether oxygens (including phenoxy) is 3. The lowest BCUT2D eigenvalue weighted by atomic mass is 10.1. The van der Waals surface area contributed by atoms with Crippen LogP contribution in [0, 0.1) is 0 Å². The number of epoxide rings is 1. The van der Waals surface area contributed by atoms with Gasteiger partial charge in [0.1, 0.15) is 40.6 Å². The Morgan fingerprint density at radius 3 is 2.12 bits per heavy atom. The van der Waals surface area contributed by atoms with Gasteiger partial charge in [-0.3, -0.25) is 0 Å². The Balaban J connectivity index is 1.63. The third-order valence-corrected chi connectivity index (χ3v) is 18.7. The molecule has 2 aromatic carbocycles. The van der Waals surface area contributed by atoms with E-state index >= 15 is 0 Å². The van der Waals surface area contributed by atoms with E-state index in [4.69, 9.17) is 27.5 Å². The molecular formula is C38H56O8Si2. The molecule has 1 N–H and O–H groups in total. The van der Waals surface area contributed by atoms with E-state index in [1.165, 1.54) is 0 Å². The van der Waals surface area contributed by atoms with Crippen LogP contribution in [0.3, 0.4) is 0 Å². The molecule has 48 heavy (non-hydrogen) atoms. The molecule has 0 amide bonds. The molecular weight excluding hydrogens is 641 g/mol. The van der Waals surface area contributed by atoms with Crippen molar-refractivity contribution in [2.45, 2.75) is 129 Å². The molecule has 8 nitrogen and oxygen atoms in total. The Morgan fingerprint density at radius 1 is 0.917 bits per heavy atom. The molecule has 1 saturated heterocycles. The van der Waals surface area contributed by atoms with Crippen LogP contribution < -0.4 is 19.2 Å². The minimum Gasteiger partial charge on any atom is -0.543 e. The van der Waals surface area contributed by atoms with Crippen molar-refractivity contribution in [1.29, 1.82) is 0 Å². The normalized spacial score (nSPS) is 18.6. The summed E-state index contributed by atoms with van der Waals surface area (Å²) in [6.45, 7) is 24.1. The predicted molar refractivity (Wildman–Crippen MR) is 198 cm³/mol. The van der Waals surface area contributed by atoms with Gasteiger partial charge in [0.2, 0.25) is 8.32 Å². The summed E-state index contributed by atoms with van der Waals surface area (Å²) in [5.41, 5.74) is 0.576. The van der Waals surface area contributed by atoms with Crippen molar-refractivity contribution in [3.63, 3.8) is 0 Å². The van der Waals surface area contributed by atoms with Crippen molar-refractivity contribution in [3.8, 4) is 17.2 Å². The van der Waals surface area contributed by atoms with E-state index in [9.17, 15) is 9.90 Å². The number of aliphatic hydroxyl groups excluding tert-OH is 1. The smallest absolute Gasteiger partial charge is 0.347 e. The number of benzene rings is 2. The third kappa shape index (κ3) is 9.41. The van der Waals surface area contributed by atoms with E-state index in [2.05, 4.69) is 67.7 Å². The fourth-order valence-corrected chi connectivity index (χ4v) is 6.93. The van der Waals surface area contributed by atoms with Gasteiger partial charge >= 0.3 is 5.63 Å². The van der Waals surface area contributed by atoms with E-state index in [-0.39, 0.29) is 28.4 Å². The SMILES string of the molecule is COc1ccc(CO[C@H](/C=C/Cc2cc3cc(O[Si](C)(C)C(C)(C)C)cc(O[Si](C)(C)C(C)(C)C)c3c(=O)o2)[C@H]2O[C@@H]2C[C@H](C)O)cc1. The van der Waals surface area contributed by atoms with Gasteiger partial charge in [-0.15, -0.1) is 0 Å². The van der Waals surface area contributed by atoms with Gasteiger partial charge in [-0.2, -0.15) is 0 Å². The quantitative estimate of drug-likeness (QED) is 0.101. The van der Waals surface area contributed by atoms with Crippen molar-refractivity contribution < 1.29 is 32.6 Å². The van der Waals surface area contributed by atoms with Crippen molar-refractivity contribution in [3.05, 3.63) is 76.4 Å². The van der Waals surface area contributed by atoms with Crippen molar-refractivity contribution >= 4 is 27.4 Å². The summed E-state index contributed by atoms with van der Waals surface area (Å²) in [6, 6.07) is 13.5. The zero-order valence-corrected chi connectivity index (χ0v) is 32.9. The lowest BCUT2D eigenvalue weighted by molar-refractivity contribution is 0.0524. The van der Waals surface area contributed by atoms with Crippen LogP contribution in [0.5, 0.6) is 17.2 Å².